The topological polar surface area (TPSA) is 91.8 Å². The zero-order chi connectivity index (χ0) is 16.8. The normalized spacial score (nSPS) is 18.8. The maximum Gasteiger partial charge on any atom is 0.347 e. The number of carbonyl (C=O) groups is 2. The molecule has 2 N–H and O–H groups in total. The van der Waals surface area contributed by atoms with Crippen LogP contribution in [0.3, 0.4) is 0 Å². The minimum atomic E-state index is -1.02. The zero-order valence-electron chi connectivity index (χ0n) is 13.5. The summed E-state index contributed by atoms with van der Waals surface area (Å²) in [6.07, 6.45) is 4.27. The Kier molecular flexibility index (Phi) is 6.49. The number of nitrogens with one attached hydrogen (secondary N) is 1. The number of aryl methyl sites for hydroxylation is 1. The van der Waals surface area contributed by atoms with Crippen LogP contribution in [0.15, 0.2) is 0 Å². The minimum absolute atomic E-state index is 0.153. The fourth-order valence-corrected chi connectivity index (χ4v) is 3.66. The Hall–Kier alpha value is -1.51. The lowest BCUT2D eigenvalue weighted by atomic mass is 9.99. The van der Waals surface area contributed by atoms with Crippen molar-refractivity contribution >= 4 is 28.3 Å². The van der Waals surface area contributed by atoms with E-state index in [9.17, 15) is 9.59 Å². The van der Waals surface area contributed by atoms with Gasteiger partial charge in [-0.1, -0.05) is 17.8 Å². The summed E-state index contributed by atoms with van der Waals surface area (Å²) in [5.41, 5.74) is 0.425. The van der Waals surface area contributed by atoms with Crippen molar-refractivity contribution in [3.63, 3.8) is 0 Å². The first-order valence-electron chi connectivity index (χ1n) is 7.74. The summed E-state index contributed by atoms with van der Waals surface area (Å²) in [7, 11) is 1.69. The molecule has 0 aliphatic carbocycles. The summed E-state index contributed by atoms with van der Waals surface area (Å²) in [5, 5.41) is 12.1. The molecule has 1 atom stereocenters. The molecule has 1 aliphatic heterocycles. The van der Waals surface area contributed by atoms with Crippen molar-refractivity contribution in [2.75, 3.05) is 32.1 Å². The number of thiazole rings is 1. The first-order chi connectivity index (χ1) is 11.0. The lowest BCUT2D eigenvalue weighted by Gasteiger charge is -2.35. The van der Waals surface area contributed by atoms with Gasteiger partial charge in [-0.15, -0.1) is 0 Å². The third-order valence-corrected chi connectivity index (χ3v) is 5.05. The second-order valence-electron chi connectivity index (χ2n) is 5.69. The van der Waals surface area contributed by atoms with Crippen LogP contribution >= 0.6 is 11.3 Å². The van der Waals surface area contributed by atoms with E-state index in [1.807, 2.05) is 0 Å². The molecule has 0 radical (unpaired) electrons. The largest absolute Gasteiger partial charge is 0.477 e. The number of carbonyl (C=O) groups excluding carboxylic acids is 1. The summed E-state index contributed by atoms with van der Waals surface area (Å²) in [6.45, 7) is 3.52. The van der Waals surface area contributed by atoms with Crippen LogP contribution in [0.2, 0.25) is 0 Å². The van der Waals surface area contributed by atoms with E-state index in [0.29, 0.717) is 30.0 Å². The molecule has 1 saturated heterocycles. The summed E-state index contributed by atoms with van der Waals surface area (Å²) in [6, 6.07) is 0.363. The maximum absolute atomic E-state index is 12.2. The Bertz CT molecular complexity index is 561. The van der Waals surface area contributed by atoms with E-state index in [2.05, 4.69) is 15.2 Å². The predicted molar refractivity (Wildman–Crippen MR) is 88.1 cm³/mol. The van der Waals surface area contributed by atoms with Crippen molar-refractivity contribution in [1.82, 2.24) is 9.88 Å². The highest BCUT2D eigenvalue weighted by Crippen LogP contribution is 2.23. The first-order valence-corrected chi connectivity index (χ1v) is 8.56. The van der Waals surface area contributed by atoms with Gasteiger partial charge in [0.15, 0.2) is 5.13 Å². The molecule has 1 fully saturated rings. The number of hydrogen-bond donors (Lipinski definition) is 2. The number of ether oxygens (including phenoxy) is 1. The van der Waals surface area contributed by atoms with Gasteiger partial charge in [0.1, 0.15) is 4.88 Å². The average Bonchev–Trinajstić information content (AvgIpc) is 2.87. The van der Waals surface area contributed by atoms with Crippen molar-refractivity contribution < 1.29 is 19.4 Å². The van der Waals surface area contributed by atoms with Gasteiger partial charge < -0.3 is 15.2 Å². The van der Waals surface area contributed by atoms with Crippen LogP contribution < -0.4 is 5.32 Å². The number of anilines is 1. The summed E-state index contributed by atoms with van der Waals surface area (Å²) >= 11 is 0.992. The lowest BCUT2D eigenvalue weighted by molar-refractivity contribution is -0.118. The fraction of sp³-hybridized carbons (Fsp3) is 0.667. The molecule has 2 heterocycles. The molecule has 7 nitrogen and oxygen atoms in total. The van der Waals surface area contributed by atoms with E-state index in [1.165, 1.54) is 6.42 Å². The van der Waals surface area contributed by atoms with Crippen molar-refractivity contribution in [3.05, 3.63) is 10.6 Å². The molecule has 1 aromatic rings. The smallest absolute Gasteiger partial charge is 0.347 e. The highest BCUT2D eigenvalue weighted by molar-refractivity contribution is 7.17. The second kappa shape index (κ2) is 8.37. The molecule has 2 rings (SSSR count). The molecule has 8 heteroatoms. The van der Waals surface area contributed by atoms with Crippen LogP contribution in [0.5, 0.6) is 0 Å². The Morgan fingerprint density at radius 1 is 1.48 bits per heavy atom. The van der Waals surface area contributed by atoms with Crippen molar-refractivity contribution in [2.45, 2.75) is 38.6 Å². The Labute approximate surface area is 139 Å². The van der Waals surface area contributed by atoms with Crippen LogP contribution in [-0.2, 0) is 9.53 Å². The van der Waals surface area contributed by atoms with Crippen LogP contribution in [0, 0.1) is 6.92 Å². The molecule has 0 unspecified atom stereocenters. The van der Waals surface area contributed by atoms with Crippen LogP contribution in [-0.4, -0.2) is 59.7 Å². The number of aromatic carboxylic acids is 1. The molecule has 0 bridgehead atoms. The third kappa shape index (κ3) is 4.98. The van der Waals surface area contributed by atoms with E-state index >= 15 is 0 Å². The van der Waals surface area contributed by atoms with E-state index in [-0.39, 0.29) is 10.8 Å². The van der Waals surface area contributed by atoms with Gasteiger partial charge in [-0.2, -0.15) is 0 Å². The SMILES string of the molecule is COCC[C@H]1CCCCN1CC(=O)Nc1nc(C)c(C(=O)O)s1. The maximum atomic E-state index is 12.2. The van der Waals surface area contributed by atoms with Crippen LogP contribution in [0.4, 0.5) is 5.13 Å². The van der Waals surface area contributed by atoms with Gasteiger partial charge in [0.2, 0.25) is 5.91 Å². The molecule has 0 spiro atoms. The molecule has 1 aliphatic rings. The van der Waals surface area contributed by atoms with Crippen molar-refractivity contribution in [2.24, 2.45) is 0 Å². The molecule has 23 heavy (non-hydrogen) atoms. The number of hydrogen-bond acceptors (Lipinski definition) is 6. The van der Waals surface area contributed by atoms with E-state index in [0.717, 1.165) is 37.1 Å². The highest BCUT2D eigenvalue weighted by Gasteiger charge is 2.24. The molecule has 1 aromatic heterocycles. The summed E-state index contributed by atoms with van der Waals surface area (Å²) in [4.78, 5) is 29.7. The first kappa shape index (κ1) is 17.8. The molecule has 0 aromatic carbocycles. The number of methoxy groups -OCH3 is 1. The number of carboxylic acids is 1. The van der Waals surface area contributed by atoms with E-state index < -0.39 is 5.97 Å². The number of carboxylic acid groups (broad SMARTS) is 1. The monoisotopic (exact) mass is 341 g/mol. The standard InChI is InChI=1S/C15H23N3O4S/c1-10-13(14(20)21)23-15(16-10)17-12(19)9-18-7-4-3-5-11(18)6-8-22-2/h11H,3-9H2,1-2H3,(H,20,21)(H,16,17,19)/t11-/m1/s1. The Morgan fingerprint density at radius 3 is 2.91 bits per heavy atom. The van der Waals surface area contributed by atoms with E-state index in [4.69, 9.17) is 9.84 Å². The summed E-state index contributed by atoms with van der Waals surface area (Å²) < 4.78 is 5.14. The van der Waals surface area contributed by atoms with Gasteiger partial charge in [-0.25, -0.2) is 9.78 Å². The van der Waals surface area contributed by atoms with Gasteiger partial charge in [-0.3, -0.25) is 9.69 Å². The molecule has 0 saturated carbocycles. The number of amides is 1. The van der Waals surface area contributed by atoms with Crippen molar-refractivity contribution in [3.8, 4) is 0 Å². The number of piperidine rings is 1. The van der Waals surface area contributed by atoms with Gasteiger partial charge in [-0.05, 0) is 32.7 Å². The number of rotatable bonds is 7. The van der Waals surface area contributed by atoms with Gasteiger partial charge >= 0.3 is 5.97 Å². The average molecular weight is 341 g/mol. The van der Waals surface area contributed by atoms with Gasteiger partial charge in [0.25, 0.3) is 0 Å². The van der Waals surface area contributed by atoms with Crippen molar-refractivity contribution in [1.29, 1.82) is 0 Å². The summed E-state index contributed by atoms with van der Waals surface area (Å²) in [5.74, 6) is -1.17. The van der Waals surface area contributed by atoms with E-state index in [1.54, 1.807) is 14.0 Å². The molecular formula is C15H23N3O4S. The Balaban J connectivity index is 1.92. The van der Waals surface area contributed by atoms with Crippen LogP contribution in [0.1, 0.15) is 41.0 Å². The van der Waals surface area contributed by atoms with Crippen LogP contribution in [0.25, 0.3) is 0 Å². The molecule has 128 valence electrons. The molecule has 1 amide bonds. The fourth-order valence-electron chi connectivity index (χ4n) is 2.84. The molecular weight excluding hydrogens is 318 g/mol. The van der Waals surface area contributed by atoms with Gasteiger partial charge in [0.05, 0.1) is 12.2 Å². The highest BCUT2D eigenvalue weighted by atomic mass is 32.1. The quantitative estimate of drug-likeness (QED) is 0.788. The second-order valence-corrected chi connectivity index (χ2v) is 6.69. The number of nitrogens with zero attached hydrogens (tertiary/aromatic N) is 2. The Morgan fingerprint density at radius 2 is 2.26 bits per heavy atom. The van der Waals surface area contributed by atoms with Gasteiger partial charge in [0, 0.05) is 19.8 Å². The number of aromatic nitrogens is 1. The minimum Gasteiger partial charge on any atom is -0.477 e. The number of likely N-dealkylation sites (tertiary alicyclic amines) is 1. The zero-order valence-corrected chi connectivity index (χ0v) is 14.3. The lowest BCUT2D eigenvalue weighted by Crippen LogP contribution is -2.44. The predicted octanol–water partition coefficient (Wildman–Crippen LogP) is 1.98. The third-order valence-electron chi connectivity index (χ3n) is 3.99.